The van der Waals surface area contributed by atoms with E-state index in [0.717, 1.165) is 24.4 Å². The van der Waals surface area contributed by atoms with Crippen LogP contribution in [0.15, 0.2) is 18.3 Å². The number of likely N-dealkylation sites (tertiary alicyclic amines) is 1. The van der Waals surface area contributed by atoms with Crippen molar-refractivity contribution < 1.29 is 0 Å². The number of pyridine rings is 1. The number of hydrogen-bond donors (Lipinski definition) is 0. The van der Waals surface area contributed by atoms with Gasteiger partial charge in [-0.05, 0) is 51.4 Å². The lowest BCUT2D eigenvalue weighted by atomic mass is 10.1. The Morgan fingerprint density at radius 1 is 1.42 bits per heavy atom. The number of rotatable bonds is 2. The Balaban J connectivity index is 1.98. The summed E-state index contributed by atoms with van der Waals surface area (Å²) in [5.41, 5.74) is 2.25. The van der Waals surface area contributed by atoms with E-state index in [9.17, 15) is 0 Å². The second kappa shape index (κ2) is 4.80. The molecule has 2 aromatic rings. The number of hydrogen-bond acceptors (Lipinski definition) is 2. The third-order valence-corrected chi connectivity index (χ3v) is 4.37. The molecule has 3 nitrogen and oxygen atoms in total. The molecule has 102 valence electrons. The first kappa shape index (κ1) is 12.9. The average Bonchev–Trinajstić information content (AvgIpc) is 2.95. The SMILES string of the molecule is Cc1ccn2c(C3CCN(C(C)C)C3)nc(Cl)c2c1. The maximum atomic E-state index is 6.28. The predicted octanol–water partition coefficient (Wildman–Crippen LogP) is 3.49. The molecule has 0 amide bonds. The molecule has 1 fully saturated rings. The average molecular weight is 278 g/mol. The molecule has 0 N–H and O–H groups in total. The summed E-state index contributed by atoms with van der Waals surface area (Å²) in [6.07, 6.45) is 3.26. The molecule has 2 aromatic heterocycles. The lowest BCUT2D eigenvalue weighted by Crippen LogP contribution is -2.28. The van der Waals surface area contributed by atoms with Crippen LogP contribution in [0.25, 0.3) is 5.52 Å². The van der Waals surface area contributed by atoms with Crippen molar-refractivity contribution in [1.29, 1.82) is 0 Å². The van der Waals surface area contributed by atoms with Crippen LogP contribution in [0, 0.1) is 6.92 Å². The van der Waals surface area contributed by atoms with Crippen molar-refractivity contribution in [3.05, 3.63) is 34.9 Å². The van der Waals surface area contributed by atoms with Gasteiger partial charge >= 0.3 is 0 Å². The van der Waals surface area contributed by atoms with Crippen molar-refractivity contribution in [1.82, 2.24) is 14.3 Å². The number of fused-ring (bicyclic) bond motifs is 1. The van der Waals surface area contributed by atoms with E-state index in [4.69, 9.17) is 11.6 Å². The lowest BCUT2D eigenvalue weighted by molar-refractivity contribution is 0.272. The van der Waals surface area contributed by atoms with Crippen molar-refractivity contribution in [2.45, 2.75) is 39.2 Å². The standard InChI is InChI=1S/C15H20ClN3/c1-10(2)18-6-5-12(9-18)15-17-14(16)13-8-11(3)4-7-19(13)15/h4,7-8,10,12H,5-6,9H2,1-3H3. The Hall–Kier alpha value is -1.06. The van der Waals surface area contributed by atoms with Gasteiger partial charge in [0.2, 0.25) is 0 Å². The van der Waals surface area contributed by atoms with Gasteiger partial charge in [0.05, 0.1) is 5.52 Å². The molecule has 4 heteroatoms. The fourth-order valence-electron chi connectivity index (χ4n) is 2.93. The van der Waals surface area contributed by atoms with E-state index < -0.39 is 0 Å². The van der Waals surface area contributed by atoms with E-state index in [1.54, 1.807) is 0 Å². The topological polar surface area (TPSA) is 20.5 Å². The smallest absolute Gasteiger partial charge is 0.155 e. The van der Waals surface area contributed by atoms with E-state index in [-0.39, 0.29) is 0 Å². The van der Waals surface area contributed by atoms with Gasteiger partial charge in [0, 0.05) is 24.7 Å². The maximum absolute atomic E-state index is 6.28. The highest BCUT2D eigenvalue weighted by molar-refractivity contribution is 6.32. The van der Waals surface area contributed by atoms with Gasteiger partial charge in [0.25, 0.3) is 0 Å². The van der Waals surface area contributed by atoms with Crippen molar-refractivity contribution in [2.24, 2.45) is 0 Å². The molecule has 3 heterocycles. The first-order valence-electron chi connectivity index (χ1n) is 6.94. The second-order valence-corrected chi connectivity index (χ2v) is 6.15. The van der Waals surface area contributed by atoms with Crippen LogP contribution >= 0.6 is 11.6 Å². The number of aromatic nitrogens is 2. The maximum Gasteiger partial charge on any atom is 0.155 e. The minimum Gasteiger partial charge on any atom is -0.302 e. The van der Waals surface area contributed by atoms with Gasteiger partial charge in [-0.2, -0.15) is 0 Å². The first-order chi connectivity index (χ1) is 9.06. The van der Waals surface area contributed by atoms with Gasteiger partial charge in [-0.1, -0.05) is 11.6 Å². The zero-order valence-electron chi connectivity index (χ0n) is 11.7. The van der Waals surface area contributed by atoms with E-state index in [0.29, 0.717) is 17.1 Å². The summed E-state index contributed by atoms with van der Waals surface area (Å²) in [6, 6.07) is 4.83. The molecule has 0 saturated carbocycles. The van der Waals surface area contributed by atoms with Gasteiger partial charge in [0.15, 0.2) is 5.15 Å². The summed E-state index contributed by atoms with van der Waals surface area (Å²) >= 11 is 6.28. The van der Waals surface area contributed by atoms with Crippen LogP contribution < -0.4 is 0 Å². The Labute approximate surface area is 119 Å². The molecule has 0 aromatic carbocycles. The van der Waals surface area contributed by atoms with Crippen molar-refractivity contribution >= 4 is 17.1 Å². The molecule has 1 aliphatic rings. The molecule has 1 saturated heterocycles. The normalized spacial score (nSPS) is 20.8. The van der Waals surface area contributed by atoms with E-state index in [1.807, 2.05) is 0 Å². The number of nitrogens with zero attached hydrogens (tertiary/aromatic N) is 3. The molecule has 0 spiro atoms. The fourth-order valence-corrected chi connectivity index (χ4v) is 3.16. The highest BCUT2D eigenvalue weighted by Gasteiger charge is 2.29. The molecule has 19 heavy (non-hydrogen) atoms. The van der Waals surface area contributed by atoms with Crippen LogP contribution in [-0.4, -0.2) is 33.4 Å². The largest absolute Gasteiger partial charge is 0.302 e. The van der Waals surface area contributed by atoms with Crippen LogP contribution in [0.2, 0.25) is 5.15 Å². The molecule has 1 aliphatic heterocycles. The molecule has 3 rings (SSSR count). The highest BCUT2D eigenvalue weighted by atomic mass is 35.5. The number of imidazole rings is 1. The van der Waals surface area contributed by atoms with E-state index in [1.165, 1.54) is 12.0 Å². The van der Waals surface area contributed by atoms with Crippen LogP contribution in [-0.2, 0) is 0 Å². The molecular formula is C15H20ClN3. The summed E-state index contributed by atoms with van der Waals surface area (Å²) in [6.45, 7) is 8.82. The van der Waals surface area contributed by atoms with Crippen molar-refractivity contribution in [3.8, 4) is 0 Å². The number of aryl methyl sites for hydroxylation is 1. The highest BCUT2D eigenvalue weighted by Crippen LogP contribution is 2.30. The number of halogens is 1. The van der Waals surface area contributed by atoms with Crippen LogP contribution in [0.5, 0.6) is 0 Å². The Morgan fingerprint density at radius 2 is 2.21 bits per heavy atom. The predicted molar refractivity (Wildman–Crippen MR) is 79.0 cm³/mol. The quantitative estimate of drug-likeness (QED) is 0.838. The summed E-state index contributed by atoms with van der Waals surface area (Å²) in [4.78, 5) is 7.12. The van der Waals surface area contributed by atoms with Crippen LogP contribution in [0.3, 0.4) is 0 Å². The minimum atomic E-state index is 0.491. The Kier molecular flexibility index (Phi) is 3.27. The lowest BCUT2D eigenvalue weighted by Gasteiger charge is -2.19. The Morgan fingerprint density at radius 3 is 2.89 bits per heavy atom. The minimum absolute atomic E-state index is 0.491. The van der Waals surface area contributed by atoms with Crippen LogP contribution in [0.1, 0.15) is 37.6 Å². The van der Waals surface area contributed by atoms with Gasteiger partial charge in [-0.15, -0.1) is 0 Å². The molecule has 0 aliphatic carbocycles. The fraction of sp³-hybridized carbons (Fsp3) is 0.533. The first-order valence-corrected chi connectivity index (χ1v) is 7.32. The zero-order chi connectivity index (χ0) is 13.6. The third-order valence-electron chi connectivity index (χ3n) is 4.10. The second-order valence-electron chi connectivity index (χ2n) is 5.79. The molecule has 0 radical (unpaired) electrons. The molecule has 1 atom stereocenters. The molecular weight excluding hydrogens is 258 g/mol. The summed E-state index contributed by atoms with van der Waals surface area (Å²) in [5.74, 6) is 1.60. The molecule has 0 bridgehead atoms. The summed E-state index contributed by atoms with van der Waals surface area (Å²) in [5, 5.41) is 0.627. The van der Waals surface area contributed by atoms with Gasteiger partial charge in [-0.25, -0.2) is 4.98 Å². The Bertz CT molecular complexity index is 603. The van der Waals surface area contributed by atoms with E-state index in [2.05, 4.69) is 53.4 Å². The van der Waals surface area contributed by atoms with Crippen molar-refractivity contribution in [2.75, 3.05) is 13.1 Å². The van der Waals surface area contributed by atoms with Gasteiger partial charge in [-0.3, -0.25) is 0 Å². The van der Waals surface area contributed by atoms with Gasteiger partial charge in [0.1, 0.15) is 5.82 Å². The van der Waals surface area contributed by atoms with Gasteiger partial charge < -0.3 is 9.30 Å². The zero-order valence-corrected chi connectivity index (χ0v) is 12.5. The monoisotopic (exact) mass is 277 g/mol. The summed E-state index contributed by atoms with van der Waals surface area (Å²) in [7, 11) is 0. The van der Waals surface area contributed by atoms with Crippen LogP contribution in [0.4, 0.5) is 0 Å². The molecule has 1 unspecified atom stereocenters. The summed E-state index contributed by atoms with van der Waals surface area (Å²) < 4.78 is 2.16. The van der Waals surface area contributed by atoms with E-state index >= 15 is 0 Å². The third kappa shape index (κ3) is 2.26. The van der Waals surface area contributed by atoms with Crippen molar-refractivity contribution in [3.63, 3.8) is 0 Å².